The van der Waals surface area contributed by atoms with Gasteiger partial charge in [-0.25, -0.2) is 0 Å². The standard InChI is InChI=1S/C12H25NS2/c1-6-13-11(12(3,4)5)10-9(2)14-7-8-15-10/h9-11,13H,6-8H2,1-5H3. The fraction of sp³-hybridized carbons (Fsp3) is 1.00. The maximum atomic E-state index is 3.69. The van der Waals surface area contributed by atoms with E-state index in [0.29, 0.717) is 11.5 Å². The maximum Gasteiger partial charge on any atom is 0.0322 e. The predicted molar refractivity (Wildman–Crippen MR) is 75.1 cm³/mol. The van der Waals surface area contributed by atoms with Crippen molar-refractivity contribution in [2.24, 2.45) is 5.41 Å². The van der Waals surface area contributed by atoms with Gasteiger partial charge in [-0.05, 0) is 12.0 Å². The van der Waals surface area contributed by atoms with Gasteiger partial charge in [-0.15, -0.1) is 0 Å². The normalized spacial score (nSPS) is 30.2. The van der Waals surface area contributed by atoms with Crippen molar-refractivity contribution < 1.29 is 0 Å². The average molecular weight is 247 g/mol. The molecule has 0 aromatic rings. The van der Waals surface area contributed by atoms with Gasteiger partial charge < -0.3 is 5.32 Å². The smallest absolute Gasteiger partial charge is 0.0322 e. The van der Waals surface area contributed by atoms with Crippen LogP contribution in [0.25, 0.3) is 0 Å². The van der Waals surface area contributed by atoms with Gasteiger partial charge in [0, 0.05) is 28.0 Å². The molecule has 0 saturated carbocycles. The van der Waals surface area contributed by atoms with Gasteiger partial charge in [-0.2, -0.15) is 23.5 Å². The lowest BCUT2D eigenvalue weighted by Crippen LogP contribution is -2.51. The summed E-state index contributed by atoms with van der Waals surface area (Å²) in [7, 11) is 0. The van der Waals surface area contributed by atoms with E-state index in [1.807, 2.05) is 0 Å². The van der Waals surface area contributed by atoms with Crippen LogP contribution in [0, 0.1) is 5.41 Å². The van der Waals surface area contributed by atoms with Crippen molar-refractivity contribution >= 4 is 23.5 Å². The summed E-state index contributed by atoms with van der Waals surface area (Å²) < 4.78 is 0. The van der Waals surface area contributed by atoms with Gasteiger partial charge in [0.05, 0.1) is 0 Å². The molecule has 0 aliphatic carbocycles. The van der Waals surface area contributed by atoms with Crippen molar-refractivity contribution in [3.8, 4) is 0 Å². The first-order valence-corrected chi connectivity index (χ1v) is 8.03. The second kappa shape index (κ2) is 5.83. The minimum Gasteiger partial charge on any atom is -0.313 e. The van der Waals surface area contributed by atoms with Crippen LogP contribution in [0.5, 0.6) is 0 Å². The quantitative estimate of drug-likeness (QED) is 0.822. The van der Waals surface area contributed by atoms with Crippen LogP contribution in [0.2, 0.25) is 0 Å². The van der Waals surface area contributed by atoms with Crippen LogP contribution in [-0.4, -0.2) is 34.6 Å². The Bertz CT molecular complexity index is 189. The molecule has 0 aromatic carbocycles. The number of rotatable bonds is 3. The van der Waals surface area contributed by atoms with Gasteiger partial charge in [-0.3, -0.25) is 0 Å². The van der Waals surface area contributed by atoms with Crippen LogP contribution in [0.3, 0.4) is 0 Å². The molecule has 0 bridgehead atoms. The second-order valence-corrected chi connectivity index (χ2v) is 8.08. The molecule has 0 radical (unpaired) electrons. The molecule has 1 fully saturated rings. The van der Waals surface area contributed by atoms with Gasteiger partial charge in [0.1, 0.15) is 0 Å². The summed E-state index contributed by atoms with van der Waals surface area (Å²) in [6, 6.07) is 0.635. The van der Waals surface area contributed by atoms with Gasteiger partial charge in [-0.1, -0.05) is 34.6 Å². The van der Waals surface area contributed by atoms with Crippen LogP contribution >= 0.6 is 23.5 Å². The molecule has 3 heteroatoms. The van der Waals surface area contributed by atoms with Gasteiger partial charge in [0.2, 0.25) is 0 Å². The largest absolute Gasteiger partial charge is 0.313 e. The minimum absolute atomic E-state index is 0.361. The third-order valence-electron chi connectivity index (χ3n) is 2.92. The van der Waals surface area contributed by atoms with Crippen LogP contribution < -0.4 is 5.32 Å². The highest BCUT2D eigenvalue weighted by atomic mass is 32.2. The summed E-state index contributed by atoms with van der Waals surface area (Å²) in [6.45, 7) is 12.7. The van der Waals surface area contributed by atoms with E-state index in [2.05, 4.69) is 63.5 Å². The van der Waals surface area contributed by atoms with E-state index < -0.39 is 0 Å². The average Bonchev–Trinajstić information content (AvgIpc) is 2.14. The van der Waals surface area contributed by atoms with Gasteiger partial charge in [0.25, 0.3) is 0 Å². The molecule has 0 aromatic heterocycles. The first kappa shape index (κ1) is 13.7. The molecule has 1 N–H and O–H groups in total. The minimum atomic E-state index is 0.361. The van der Waals surface area contributed by atoms with E-state index in [1.165, 1.54) is 11.5 Å². The molecule has 1 aliphatic rings. The zero-order valence-corrected chi connectivity index (χ0v) is 12.3. The molecule has 1 rings (SSSR count). The number of hydrogen-bond donors (Lipinski definition) is 1. The second-order valence-electron chi connectivity index (χ2n) is 5.31. The first-order valence-electron chi connectivity index (χ1n) is 5.93. The van der Waals surface area contributed by atoms with Crippen LogP contribution in [0.15, 0.2) is 0 Å². The zero-order valence-electron chi connectivity index (χ0n) is 10.7. The molecular weight excluding hydrogens is 222 g/mol. The highest BCUT2D eigenvalue weighted by molar-refractivity contribution is 8.07. The third kappa shape index (κ3) is 3.86. The zero-order chi connectivity index (χ0) is 11.5. The third-order valence-corrected chi connectivity index (χ3v) is 6.12. The highest BCUT2D eigenvalue weighted by Crippen LogP contribution is 2.38. The van der Waals surface area contributed by atoms with E-state index in [1.54, 1.807) is 0 Å². The molecule has 3 unspecified atom stereocenters. The molecule has 1 aliphatic heterocycles. The molecule has 3 atom stereocenters. The Labute approximate surface area is 104 Å². The van der Waals surface area contributed by atoms with Crippen molar-refractivity contribution in [2.75, 3.05) is 18.1 Å². The fourth-order valence-corrected chi connectivity index (χ4v) is 5.35. The van der Waals surface area contributed by atoms with E-state index >= 15 is 0 Å². The maximum absolute atomic E-state index is 3.69. The summed E-state index contributed by atoms with van der Waals surface area (Å²) in [5.74, 6) is 2.64. The molecule has 1 saturated heterocycles. The Balaban J connectivity index is 2.69. The van der Waals surface area contributed by atoms with E-state index in [4.69, 9.17) is 0 Å². The SMILES string of the molecule is CCNC(C1SCCSC1C)C(C)(C)C. The summed E-state index contributed by atoms with van der Waals surface area (Å²) >= 11 is 4.30. The Morgan fingerprint density at radius 3 is 2.33 bits per heavy atom. The molecule has 90 valence electrons. The van der Waals surface area contributed by atoms with Crippen molar-refractivity contribution in [3.05, 3.63) is 0 Å². The van der Waals surface area contributed by atoms with E-state index in [0.717, 1.165) is 17.0 Å². The fourth-order valence-electron chi connectivity index (χ4n) is 2.15. The monoisotopic (exact) mass is 247 g/mol. The van der Waals surface area contributed by atoms with Crippen LogP contribution in [-0.2, 0) is 0 Å². The Morgan fingerprint density at radius 1 is 1.27 bits per heavy atom. The van der Waals surface area contributed by atoms with Crippen LogP contribution in [0.1, 0.15) is 34.6 Å². The van der Waals surface area contributed by atoms with Crippen molar-refractivity contribution in [1.82, 2.24) is 5.32 Å². The lowest BCUT2D eigenvalue weighted by atomic mass is 9.83. The molecular formula is C12H25NS2. The van der Waals surface area contributed by atoms with Crippen LogP contribution in [0.4, 0.5) is 0 Å². The lowest BCUT2D eigenvalue weighted by Gasteiger charge is -2.42. The summed E-state index contributed by atoms with van der Waals surface area (Å²) in [5, 5.41) is 5.24. The van der Waals surface area contributed by atoms with E-state index in [-0.39, 0.29) is 0 Å². The lowest BCUT2D eigenvalue weighted by molar-refractivity contribution is 0.264. The molecule has 15 heavy (non-hydrogen) atoms. The van der Waals surface area contributed by atoms with Crippen molar-refractivity contribution in [1.29, 1.82) is 0 Å². The summed E-state index contributed by atoms with van der Waals surface area (Å²) in [6.07, 6.45) is 0. The molecule has 0 spiro atoms. The number of hydrogen-bond acceptors (Lipinski definition) is 3. The molecule has 1 heterocycles. The van der Waals surface area contributed by atoms with Gasteiger partial charge >= 0.3 is 0 Å². The van der Waals surface area contributed by atoms with Crippen molar-refractivity contribution in [2.45, 2.75) is 51.2 Å². The Hall–Kier alpha value is 0.660. The Kier molecular flexibility index (Phi) is 5.33. The Morgan fingerprint density at radius 2 is 1.87 bits per heavy atom. The number of nitrogens with one attached hydrogen (secondary N) is 1. The molecule has 0 amide bonds. The van der Waals surface area contributed by atoms with Crippen molar-refractivity contribution in [3.63, 3.8) is 0 Å². The topological polar surface area (TPSA) is 12.0 Å². The molecule has 1 nitrogen and oxygen atoms in total. The predicted octanol–water partition coefficient (Wildman–Crippen LogP) is 3.25. The first-order chi connectivity index (χ1) is 6.96. The van der Waals surface area contributed by atoms with Gasteiger partial charge in [0.15, 0.2) is 0 Å². The summed E-state index contributed by atoms with van der Waals surface area (Å²) in [4.78, 5) is 0. The highest BCUT2D eigenvalue weighted by Gasteiger charge is 2.36. The number of thioether (sulfide) groups is 2. The summed E-state index contributed by atoms with van der Waals surface area (Å²) in [5.41, 5.74) is 0.361. The van der Waals surface area contributed by atoms with E-state index in [9.17, 15) is 0 Å².